The average Bonchev–Trinajstić information content (AvgIpc) is 3.20. The molecule has 0 amide bonds. The number of alkyl halides is 3. The maximum atomic E-state index is 13.9. The summed E-state index contributed by atoms with van der Waals surface area (Å²) >= 11 is 0. The van der Waals surface area contributed by atoms with Crippen molar-refractivity contribution < 1.29 is 27.4 Å². The number of rotatable bonds is 5. The minimum Gasteiger partial charge on any atom is -0.488 e. The van der Waals surface area contributed by atoms with Crippen LogP contribution in [0.2, 0.25) is 0 Å². The van der Waals surface area contributed by atoms with Crippen LogP contribution in [0.15, 0.2) is 72.9 Å². The molecule has 5 nitrogen and oxygen atoms in total. The van der Waals surface area contributed by atoms with E-state index in [2.05, 4.69) is 5.10 Å². The van der Waals surface area contributed by atoms with Crippen molar-refractivity contribution in [2.45, 2.75) is 11.8 Å². The quantitative estimate of drug-likeness (QED) is 0.449. The fourth-order valence-electron chi connectivity index (χ4n) is 3.27. The highest BCUT2D eigenvalue weighted by Gasteiger charge is 2.56. The summed E-state index contributed by atoms with van der Waals surface area (Å²) in [6, 6.07) is 16.8. The number of halogens is 4. The third-order valence-corrected chi connectivity index (χ3v) is 5.03. The number of hydrogen-bond acceptors (Lipinski definition) is 4. The number of fused-ring (bicyclic) bond motifs is 1. The molecule has 4 rings (SSSR count). The monoisotopic (exact) mass is 441 g/mol. The molecule has 3 aromatic carbocycles. The molecule has 9 heteroatoms. The van der Waals surface area contributed by atoms with E-state index in [-0.39, 0.29) is 11.3 Å². The van der Waals surface area contributed by atoms with Gasteiger partial charge in [0.05, 0.1) is 23.0 Å². The van der Waals surface area contributed by atoms with E-state index in [1.807, 2.05) is 6.07 Å². The second-order valence-corrected chi connectivity index (χ2v) is 7.06. The first-order valence-electron chi connectivity index (χ1n) is 9.38. The molecule has 1 unspecified atom stereocenters. The normalized spacial score (nSPS) is 13.5. The van der Waals surface area contributed by atoms with Crippen molar-refractivity contribution in [3.63, 3.8) is 0 Å². The van der Waals surface area contributed by atoms with Gasteiger partial charge in [-0.2, -0.15) is 23.5 Å². The molecular weight excluding hydrogens is 426 g/mol. The summed E-state index contributed by atoms with van der Waals surface area (Å²) in [4.78, 5) is 0. The summed E-state index contributed by atoms with van der Waals surface area (Å²) in [5.74, 6) is -0.497. The van der Waals surface area contributed by atoms with E-state index < -0.39 is 29.8 Å². The Balaban J connectivity index is 1.71. The van der Waals surface area contributed by atoms with Gasteiger partial charge in [-0.05, 0) is 54.1 Å². The topological polar surface area (TPSA) is 71.1 Å². The van der Waals surface area contributed by atoms with Crippen LogP contribution in [0.5, 0.6) is 5.75 Å². The molecule has 0 fully saturated rings. The minimum atomic E-state index is -5.06. The van der Waals surface area contributed by atoms with Gasteiger partial charge in [-0.25, -0.2) is 9.07 Å². The summed E-state index contributed by atoms with van der Waals surface area (Å²) in [7, 11) is 0. The van der Waals surface area contributed by atoms with Gasteiger partial charge in [0.25, 0.3) is 0 Å². The Labute approximate surface area is 179 Å². The highest BCUT2D eigenvalue weighted by atomic mass is 19.4. The maximum Gasteiger partial charge on any atom is 0.424 e. The van der Waals surface area contributed by atoms with Gasteiger partial charge in [-0.15, -0.1) is 0 Å². The molecule has 0 spiro atoms. The third kappa shape index (κ3) is 3.76. The number of nitrogens with zero attached hydrogens (tertiary/aromatic N) is 3. The molecule has 4 aromatic rings. The second kappa shape index (κ2) is 7.98. The van der Waals surface area contributed by atoms with Crippen molar-refractivity contribution in [2.24, 2.45) is 0 Å². The number of para-hydroxylation sites is 1. The Morgan fingerprint density at radius 2 is 1.75 bits per heavy atom. The van der Waals surface area contributed by atoms with Crippen LogP contribution in [-0.4, -0.2) is 27.7 Å². The molecule has 0 aliphatic carbocycles. The number of nitriles is 1. The number of aromatic nitrogens is 2. The predicted octanol–water partition coefficient (Wildman–Crippen LogP) is 4.87. The van der Waals surface area contributed by atoms with Crippen LogP contribution in [0, 0.1) is 17.1 Å². The van der Waals surface area contributed by atoms with E-state index in [0.29, 0.717) is 16.6 Å². The van der Waals surface area contributed by atoms with Crippen LogP contribution in [0.4, 0.5) is 17.6 Å². The van der Waals surface area contributed by atoms with Gasteiger partial charge in [-0.3, -0.25) is 0 Å². The van der Waals surface area contributed by atoms with E-state index in [1.165, 1.54) is 65.5 Å². The van der Waals surface area contributed by atoms with Crippen LogP contribution >= 0.6 is 0 Å². The van der Waals surface area contributed by atoms with E-state index in [1.54, 1.807) is 6.07 Å². The molecular formula is C23H15F4N3O2. The minimum absolute atomic E-state index is 0.0491. The van der Waals surface area contributed by atoms with Crippen molar-refractivity contribution >= 4 is 10.9 Å². The van der Waals surface area contributed by atoms with Gasteiger partial charge < -0.3 is 9.84 Å². The lowest BCUT2D eigenvalue weighted by Crippen LogP contribution is -2.47. The average molecular weight is 441 g/mol. The summed E-state index contributed by atoms with van der Waals surface area (Å²) in [5.41, 5.74) is -2.72. The highest BCUT2D eigenvalue weighted by molar-refractivity contribution is 5.81. The van der Waals surface area contributed by atoms with Gasteiger partial charge in [0, 0.05) is 5.39 Å². The largest absolute Gasteiger partial charge is 0.488 e. The summed E-state index contributed by atoms with van der Waals surface area (Å²) < 4.78 is 61.7. The number of ether oxygens (including phenoxy) is 1. The van der Waals surface area contributed by atoms with Crippen LogP contribution in [-0.2, 0) is 5.60 Å². The third-order valence-electron chi connectivity index (χ3n) is 5.03. The van der Waals surface area contributed by atoms with Crippen LogP contribution < -0.4 is 4.74 Å². The Hall–Kier alpha value is -3.90. The molecule has 162 valence electrons. The standard InChI is InChI=1S/C23H15F4N3O2/c24-18-6-8-19(9-7-18)30-20-10-5-17(11-16(20)13-29-30)22(31,23(25,26)27)14-32-21-4-2-1-3-15(21)12-28/h1-11,13,31H,14H2. The van der Waals surface area contributed by atoms with Gasteiger partial charge >= 0.3 is 6.18 Å². The molecule has 1 atom stereocenters. The second-order valence-electron chi connectivity index (χ2n) is 7.06. The lowest BCUT2D eigenvalue weighted by molar-refractivity contribution is -0.275. The fourth-order valence-corrected chi connectivity index (χ4v) is 3.27. The molecule has 0 saturated heterocycles. The van der Waals surface area contributed by atoms with E-state index in [9.17, 15) is 22.7 Å². The smallest absolute Gasteiger partial charge is 0.424 e. The summed E-state index contributed by atoms with van der Waals surface area (Å²) in [6.07, 6.45) is -3.71. The molecule has 32 heavy (non-hydrogen) atoms. The van der Waals surface area contributed by atoms with E-state index >= 15 is 0 Å². The SMILES string of the molecule is N#Cc1ccccc1OCC(O)(c1ccc2c(cnn2-c2ccc(F)cc2)c1)C(F)(F)F. The fraction of sp³-hybridized carbons (Fsp3) is 0.130. The lowest BCUT2D eigenvalue weighted by Gasteiger charge is -2.31. The summed E-state index contributed by atoms with van der Waals surface area (Å²) in [5, 5.41) is 24.3. The molecule has 0 aliphatic rings. The first kappa shape index (κ1) is 21.3. The van der Waals surface area contributed by atoms with Gasteiger partial charge in [-0.1, -0.05) is 18.2 Å². The molecule has 0 aliphatic heterocycles. The Morgan fingerprint density at radius 3 is 2.44 bits per heavy atom. The molecule has 0 radical (unpaired) electrons. The molecule has 1 N–H and O–H groups in total. The van der Waals surface area contributed by atoms with Crippen LogP contribution in [0.3, 0.4) is 0 Å². The van der Waals surface area contributed by atoms with Crippen molar-refractivity contribution in [3.8, 4) is 17.5 Å². The van der Waals surface area contributed by atoms with Crippen LogP contribution in [0.1, 0.15) is 11.1 Å². The van der Waals surface area contributed by atoms with Crippen molar-refractivity contribution in [2.75, 3.05) is 6.61 Å². The number of hydrogen-bond donors (Lipinski definition) is 1. The summed E-state index contributed by atoms with van der Waals surface area (Å²) in [6.45, 7) is -1.15. The van der Waals surface area contributed by atoms with E-state index in [4.69, 9.17) is 10.00 Å². The molecule has 1 aromatic heterocycles. The Morgan fingerprint density at radius 1 is 1.03 bits per heavy atom. The zero-order valence-corrected chi connectivity index (χ0v) is 16.3. The maximum absolute atomic E-state index is 13.9. The molecule has 0 saturated carbocycles. The Bertz CT molecular complexity index is 1310. The van der Waals surface area contributed by atoms with E-state index in [0.717, 1.165) is 6.07 Å². The van der Waals surface area contributed by atoms with Crippen molar-refractivity contribution in [1.82, 2.24) is 9.78 Å². The van der Waals surface area contributed by atoms with Gasteiger partial charge in [0.1, 0.15) is 24.2 Å². The highest BCUT2D eigenvalue weighted by Crippen LogP contribution is 2.40. The predicted molar refractivity (Wildman–Crippen MR) is 108 cm³/mol. The van der Waals surface area contributed by atoms with Gasteiger partial charge in [0.15, 0.2) is 0 Å². The van der Waals surface area contributed by atoms with Crippen LogP contribution in [0.25, 0.3) is 16.6 Å². The zero-order valence-electron chi connectivity index (χ0n) is 16.3. The van der Waals surface area contributed by atoms with Crippen molar-refractivity contribution in [3.05, 3.63) is 89.9 Å². The first-order chi connectivity index (χ1) is 15.2. The molecule has 0 bridgehead atoms. The zero-order chi connectivity index (χ0) is 22.9. The number of aliphatic hydroxyl groups is 1. The Kier molecular flexibility index (Phi) is 5.32. The first-order valence-corrected chi connectivity index (χ1v) is 9.38. The molecule has 1 heterocycles. The number of benzene rings is 3. The van der Waals surface area contributed by atoms with Crippen molar-refractivity contribution in [1.29, 1.82) is 5.26 Å². The lowest BCUT2D eigenvalue weighted by atomic mass is 9.93. The van der Waals surface area contributed by atoms with Gasteiger partial charge in [0.2, 0.25) is 5.60 Å².